The first-order valence-electron chi connectivity index (χ1n) is 6.57. The van der Waals surface area contributed by atoms with Gasteiger partial charge in [0, 0.05) is 12.4 Å². The van der Waals surface area contributed by atoms with Crippen molar-refractivity contribution in [2.75, 3.05) is 6.54 Å². The number of alkyl halides is 1. The van der Waals surface area contributed by atoms with Gasteiger partial charge in [-0.05, 0) is 20.8 Å². The van der Waals surface area contributed by atoms with Crippen LogP contribution >= 0.6 is 0 Å². The molecule has 1 rings (SSSR count). The van der Waals surface area contributed by atoms with Crippen molar-refractivity contribution in [2.24, 2.45) is 10.7 Å². The standard InChI is InChI=1S/C12H23BFN3O2/c1-7(13)16-10(15)9-5-8(14)6-17(9)11(18)19-12(2,3)4/h7-9H,5-6,13H2,1-4H3,(H2,15,16)/t7?,8-,9-/m0/s1. The van der Waals surface area contributed by atoms with Gasteiger partial charge in [-0.1, -0.05) is 6.92 Å². The van der Waals surface area contributed by atoms with Gasteiger partial charge < -0.3 is 10.5 Å². The summed E-state index contributed by atoms with van der Waals surface area (Å²) < 4.78 is 18.8. The highest BCUT2D eigenvalue weighted by Crippen LogP contribution is 2.23. The van der Waals surface area contributed by atoms with Gasteiger partial charge in [-0.3, -0.25) is 9.89 Å². The van der Waals surface area contributed by atoms with Crippen molar-refractivity contribution in [3.63, 3.8) is 0 Å². The smallest absolute Gasteiger partial charge is 0.411 e. The van der Waals surface area contributed by atoms with Gasteiger partial charge in [-0.15, -0.1) is 0 Å². The number of carbonyl (C=O) groups excluding carboxylic acids is 1. The van der Waals surface area contributed by atoms with Crippen LogP contribution in [0.15, 0.2) is 4.99 Å². The first-order chi connectivity index (χ1) is 8.60. The molecule has 0 aromatic rings. The second-order valence-corrected chi connectivity index (χ2v) is 6.13. The fraction of sp³-hybridized carbons (Fsp3) is 0.833. The van der Waals surface area contributed by atoms with E-state index in [0.717, 1.165) is 0 Å². The van der Waals surface area contributed by atoms with Crippen LogP contribution in [0.2, 0.25) is 0 Å². The van der Waals surface area contributed by atoms with Crippen molar-refractivity contribution in [1.82, 2.24) is 4.90 Å². The van der Waals surface area contributed by atoms with Crippen LogP contribution in [0, 0.1) is 0 Å². The molecule has 1 saturated heterocycles. The SMILES string of the molecule is BC(C)/N=C(\N)[C@@H]1C[C@H](F)CN1C(=O)OC(C)(C)C. The van der Waals surface area contributed by atoms with Gasteiger partial charge in [0.25, 0.3) is 0 Å². The monoisotopic (exact) mass is 271 g/mol. The lowest BCUT2D eigenvalue weighted by molar-refractivity contribution is 0.0255. The largest absolute Gasteiger partial charge is 0.444 e. The van der Waals surface area contributed by atoms with Crippen LogP contribution in [0.4, 0.5) is 9.18 Å². The molecule has 1 aliphatic heterocycles. The van der Waals surface area contributed by atoms with Gasteiger partial charge >= 0.3 is 6.09 Å². The molecule has 0 spiro atoms. The molecule has 0 aliphatic carbocycles. The third-order valence-corrected chi connectivity index (χ3v) is 2.63. The maximum Gasteiger partial charge on any atom is 0.411 e. The first kappa shape index (κ1) is 15.8. The van der Waals surface area contributed by atoms with E-state index in [1.165, 1.54) is 4.90 Å². The van der Waals surface area contributed by atoms with Crippen LogP contribution in [-0.4, -0.2) is 55.0 Å². The Hall–Kier alpha value is -1.27. The Morgan fingerprint density at radius 2 is 2.16 bits per heavy atom. The quantitative estimate of drug-likeness (QED) is 0.456. The second-order valence-electron chi connectivity index (χ2n) is 6.13. The van der Waals surface area contributed by atoms with E-state index in [9.17, 15) is 9.18 Å². The predicted octanol–water partition coefficient (Wildman–Crippen LogP) is 0.670. The topological polar surface area (TPSA) is 67.9 Å². The molecule has 5 nitrogen and oxygen atoms in total. The summed E-state index contributed by atoms with van der Waals surface area (Å²) in [6.45, 7) is 7.21. The lowest BCUT2D eigenvalue weighted by atomic mass is 10.00. The van der Waals surface area contributed by atoms with E-state index in [-0.39, 0.29) is 18.9 Å². The molecule has 1 aliphatic rings. The van der Waals surface area contributed by atoms with Crippen LogP contribution in [-0.2, 0) is 4.74 Å². The minimum atomic E-state index is -1.08. The molecule has 0 radical (unpaired) electrons. The van der Waals surface area contributed by atoms with Gasteiger partial charge in [0.15, 0.2) is 0 Å². The van der Waals surface area contributed by atoms with E-state index >= 15 is 0 Å². The number of hydrogen-bond donors (Lipinski definition) is 1. The molecular weight excluding hydrogens is 248 g/mol. The predicted molar refractivity (Wildman–Crippen MR) is 75.9 cm³/mol. The highest BCUT2D eigenvalue weighted by atomic mass is 19.1. The third kappa shape index (κ3) is 4.72. The number of hydrogen-bond acceptors (Lipinski definition) is 3. The van der Waals surface area contributed by atoms with Crippen molar-refractivity contribution >= 4 is 19.8 Å². The van der Waals surface area contributed by atoms with Crippen LogP contribution in [0.5, 0.6) is 0 Å². The number of amides is 1. The van der Waals surface area contributed by atoms with Crippen LogP contribution in [0.3, 0.4) is 0 Å². The Kier molecular flexibility index (Phi) is 4.82. The van der Waals surface area contributed by atoms with Crippen molar-refractivity contribution in [1.29, 1.82) is 0 Å². The third-order valence-electron chi connectivity index (χ3n) is 2.63. The molecule has 0 aromatic carbocycles. The van der Waals surface area contributed by atoms with Gasteiger partial charge in [0.2, 0.25) is 0 Å². The number of likely N-dealkylation sites (tertiary alicyclic amines) is 1. The lowest BCUT2D eigenvalue weighted by Gasteiger charge is -2.28. The molecule has 0 saturated carbocycles. The van der Waals surface area contributed by atoms with Gasteiger partial charge in [-0.2, -0.15) is 0 Å². The Bertz CT molecular complexity index is 368. The Labute approximate surface area is 114 Å². The molecule has 1 amide bonds. The summed E-state index contributed by atoms with van der Waals surface area (Å²) >= 11 is 0. The Morgan fingerprint density at radius 3 is 2.63 bits per heavy atom. The summed E-state index contributed by atoms with van der Waals surface area (Å²) in [6.07, 6.45) is -1.45. The number of amidine groups is 1. The minimum Gasteiger partial charge on any atom is -0.444 e. The van der Waals surface area contributed by atoms with Crippen molar-refractivity contribution in [3.8, 4) is 0 Å². The molecule has 19 heavy (non-hydrogen) atoms. The summed E-state index contributed by atoms with van der Waals surface area (Å²) in [7, 11) is 1.88. The maximum atomic E-state index is 13.6. The highest BCUT2D eigenvalue weighted by Gasteiger charge is 2.39. The summed E-state index contributed by atoms with van der Waals surface area (Å²) in [5.41, 5.74) is 5.26. The van der Waals surface area contributed by atoms with Gasteiger partial charge in [0.1, 0.15) is 25.5 Å². The molecule has 2 N–H and O–H groups in total. The summed E-state index contributed by atoms with van der Waals surface area (Å²) in [5.74, 6) is 0.306. The van der Waals surface area contributed by atoms with Crippen LogP contribution in [0.1, 0.15) is 34.1 Å². The second kappa shape index (κ2) is 5.80. The first-order valence-corrected chi connectivity index (χ1v) is 6.57. The van der Waals surface area contributed by atoms with E-state index in [0.29, 0.717) is 5.84 Å². The number of ether oxygens (including phenoxy) is 1. The zero-order valence-corrected chi connectivity index (χ0v) is 12.3. The highest BCUT2D eigenvalue weighted by molar-refractivity contribution is 6.12. The fourth-order valence-electron chi connectivity index (χ4n) is 1.97. The van der Waals surface area contributed by atoms with Crippen molar-refractivity contribution in [3.05, 3.63) is 0 Å². The minimum absolute atomic E-state index is 0.00783. The van der Waals surface area contributed by atoms with Crippen LogP contribution < -0.4 is 5.73 Å². The maximum absolute atomic E-state index is 13.6. The Balaban J connectivity index is 2.83. The van der Waals surface area contributed by atoms with Gasteiger partial charge in [-0.25, -0.2) is 9.18 Å². The molecule has 1 fully saturated rings. The van der Waals surface area contributed by atoms with Crippen molar-refractivity contribution in [2.45, 2.75) is 57.9 Å². The lowest BCUT2D eigenvalue weighted by Crippen LogP contribution is -2.46. The molecular formula is C12H23BFN3O2. The normalized spacial score (nSPS) is 26.4. The summed E-state index contributed by atoms with van der Waals surface area (Å²) in [6, 6.07) is -0.507. The molecule has 0 aromatic heterocycles. The number of halogens is 1. The molecule has 1 heterocycles. The molecule has 1 unspecified atom stereocenters. The fourth-order valence-corrected chi connectivity index (χ4v) is 1.97. The number of nitrogens with zero attached hydrogens (tertiary/aromatic N) is 2. The van der Waals surface area contributed by atoms with Crippen LogP contribution in [0.25, 0.3) is 0 Å². The zero-order valence-electron chi connectivity index (χ0n) is 12.3. The van der Waals surface area contributed by atoms with E-state index in [4.69, 9.17) is 10.5 Å². The number of aliphatic imine (C=N–C) groups is 1. The Morgan fingerprint density at radius 1 is 1.58 bits per heavy atom. The average molecular weight is 271 g/mol. The molecule has 108 valence electrons. The summed E-state index contributed by atoms with van der Waals surface area (Å²) in [4.78, 5) is 17.6. The number of nitrogens with two attached hydrogens (primary N) is 1. The van der Waals surface area contributed by atoms with E-state index in [1.807, 2.05) is 14.8 Å². The number of carbonyl (C=O) groups is 1. The molecule has 0 bridgehead atoms. The summed E-state index contributed by atoms with van der Waals surface area (Å²) in [5, 5.41) is 0. The van der Waals surface area contributed by atoms with E-state index in [1.54, 1.807) is 20.8 Å². The molecule has 3 atom stereocenters. The number of rotatable bonds is 2. The van der Waals surface area contributed by atoms with Crippen molar-refractivity contribution < 1.29 is 13.9 Å². The zero-order chi connectivity index (χ0) is 14.8. The average Bonchev–Trinajstić information content (AvgIpc) is 2.56. The van der Waals surface area contributed by atoms with Gasteiger partial charge in [0.05, 0.1) is 12.6 Å². The van der Waals surface area contributed by atoms with E-state index < -0.39 is 23.9 Å². The van der Waals surface area contributed by atoms with E-state index in [2.05, 4.69) is 4.99 Å². The molecule has 7 heteroatoms.